The van der Waals surface area contributed by atoms with Gasteiger partial charge in [-0.2, -0.15) is 13.2 Å². The van der Waals surface area contributed by atoms with Gasteiger partial charge in [-0.3, -0.25) is 4.79 Å². The van der Waals surface area contributed by atoms with Gasteiger partial charge in [-0.25, -0.2) is 0 Å². The van der Waals surface area contributed by atoms with E-state index in [1.807, 2.05) is 24.3 Å². The number of alkyl halides is 3. The van der Waals surface area contributed by atoms with Gasteiger partial charge in [-0.1, -0.05) is 24.6 Å². The zero-order valence-corrected chi connectivity index (χ0v) is 16.9. The number of benzene rings is 2. The molecule has 1 fully saturated rings. The first-order valence-corrected chi connectivity index (χ1v) is 10.1. The van der Waals surface area contributed by atoms with Crippen molar-refractivity contribution in [2.24, 2.45) is 0 Å². The van der Waals surface area contributed by atoms with E-state index in [4.69, 9.17) is 0 Å². The Balaban J connectivity index is 1.64. The van der Waals surface area contributed by atoms with Crippen molar-refractivity contribution in [1.29, 1.82) is 0 Å². The van der Waals surface area contributed by atoms with Gasteiger partial charge in [-0.15, -0.1) is 0 Å². The molecule has 0 saturated heterocycles. The Bertz CT molecular complexity index is 838. The van der Waals surface area contributed by atoms with Crippen LogP contribution >= 0.6 is 0 Å². The van der Waals surface area contributed by atoms with Crippen molar-refractivity contribution in [2.45, 2.75) is 50.9 Å². The SMILES string of the molecule is C[N+](C)(Cc1ccc(NC(=O)c2cccc(C(F)(F)F)c2)cc1)C1CCCCC1. The molecular weight excluding hydrogens is 377 g/mol. The highest BCUT2D eigenvalue weighted by molar-refractivity contribution is 6.04. The maximum Gasteiger partial charge on any atom is 0.416 e. The molecular formula is C23H28F3N2O+. The summed E-state index contributed by atoms with van der Waals surface area (Å²) in [5, 5.41) is 2.68. The van der Waals surface area contributed by atoms with Gasteiger partial charge >= 0.3 is 6.18 Å². The second-order valence-corrected chi connectivity index (χ2v) is 8.46. The number of anilines is 1. The van der Waals surface area contributed by atoms with Crippen LogP contribution in [0.15, 0.2) is 48.5 Å². The minimum Gasteiger partial charge on any atom is -0.322 e. The third-order valence-corrected chi connectivity index (χ3v) is 5.82. The molecule has 0 atom stereocenters. The number of nitrogens with one attached hydrogen (secondary N) is 1. The van der Waals surface area contributed by atoms with Crippen LogP contribution in [0.2, 0.25) is 0 Å². The number of quaternary nitrogens is 1. The highest BCUT2D eigenvalue weighted by Gasteiger charge is 2.31. The molecule has 29 heavy (non-hydrogen) atoms. The van der Waals surface area contributed by atoms with Crippen molar-refractivity contribution in [3.05, 3.63) is 65.2 Å². The molecule has 1 N–H and O–H groups in total. The van der Waals surface area contributed by atoms with E-state index in [1.165, 1.54) is 49.8 Å². The molecule has 0 aliphatic heterocycles. The maximum atomic E-state index is 12.8. The van der Waals surface area contributed by atoms with Crippen LogP contribution in [-0.2, 0) is 12.7 Å². The fourth-order valence-corrected chi connectivity index (χ4v) is 4.11. The minimum atomic E-state index is -4.47. The quantitative estimate of drug-likeness (QED) is 0.620. The smallest absolute Gasteiger partial charge is 0.322 e. The van der Waals surface area contributed by atoms with E-state index in [0.717, 1.165) is 23.2 Å². The largest absolute Gasteiger partial charge is 0.416 e. The van der Waals surface area contributed by atoms with Crippen molar-refractivity contribution in [2.75, 3.05) is 19.4 Å². The Morgan fingerprint density at radius 3 is 2.31 bits per heavy atom. The Labute approximate surface area is 170 Å². The van der Waals surface area contributed by atoms with Crippen molar-refractivity contribution < 1.29 is 22.4 Å². The molecule has 1 amide bonds. The molecule has 0 unspecified atom stereocenters. The maximum absolute atomic E-state index is 12.8. The molecule has 1 aliphatic rings. The lowest BCUT2D eigenvalue weighted by molar-refractivity contribution is -0.929. The predicted octanol–water partition coefficient (Wildman–Crippen LogP) is 5.87. The number of carbonyl (C=O) groups excluding carboxylic acids is 1. The number of halogens is 3. The van der Waals surface area contributed by atoms with Crippen LogP contribution in [-0.4, -0.2) is 30.5 Å². The molecule has 156 valence electrons. The lowest BCUT2D eigenvalue weighted by Gasteiger charge is -2.40. The van der Waals surface area contributed by atoms with Gasteiger partial charge < -0.3 is 9.80 Å². The summed E-state index contributed by atoms with van der Waals surface area (Å²) in [4.78, 5) is 12.3. The normalized spacial score (nSPS) is 15.9. The average molecular weight is 405 g/mol. The highest BCUT2D eigenvalue weighted by atomic mass is 19.4. The van der Waals surface area contributed by atoms with Crippen molar-refractivity contribution in [1.82, 2.24) is 0 Å². The second kappa shape index (κ2) is 8.57. The van der Waals surface area contributed by atoms with Crippen LogP contribution < -0.4 is 5.32 Å². The molecule has 2 aromatic carbocycles. The Morgan fingerprint density at radius 1 is 1.03 bits per heavy atom. The van der Waals surface area contributed by atoms with Gasteiger partial charge in [0, 0.05) is 16.8 Å². The summed E-state index contributed by atoms with van der Waals surface area (Å²) in [5.74, 6) is -0.554. The van der Waals surface area contributed by atoms with Crippen molar-refractivity contribution in [3.63, 3.8) is 0 Å². The first-order valence-electron chi connectivity index (χ1n) is 10.1. The Kier molecular flexibility index (Phi) is 6.32. The van der Waals surface area contributed by atoms with Gasteiger partial charge in [-0.05, 0) is 56.0 Å². The van der Waals surface area contributed by atoms with Gasteiger partial charge in [0.1, 0.15) is 6.54 Å². The highest BCUT2D eigenvalue weighted by Crippen LogP contribution is 2.30. The van der Waals surface area contributed by atoms with E-state index in [2.05, 4.69) is 19.4 Å². The minimum absolute atomic E-state index is 0.0148. The molecule has 6 heteroatoms. The predicted molar refractivity (Wildman–Crippen MR) is 109 cm³/mol. The van der Waals surface area contributed by atoms with Crippen molar-refractivity contribution in [3.8, 4) is 0 Å². The number of rotatable bonds is 5. The summed E-state index contributed by atoms with van der Waals surface area (Å²) in [6.07, 6.45) is 1.98. The van der Waals surface area contributed by atoms with Crippen LogP contribution in [0.4, 0.5) is 18.9 Å². The van der Waals surface area contributed by atoms with Gasteiger partial charge in [0.05, 0.1) is 25.7 Å². The van der Waals surface area contributed by atoms with Crippen LogP contribution in [0.3, 0.4) is 0 Å². The molecule has 1 aliphatic carbocycles. The van der Waals surface area contributed by atoms with E-state index >= 15 is 0 Å². The van der Waals surface area contributed by atoms with E-state index in [9.17, 15) is 18.0 Å². The third kappa shape index (κ3) is 5.60. The molecule has 2 aromatic rings. The summed E-state index contributed by atoms with van der Waals surface area (Å²) in [7, 11) is 4.53. The summed E-state index contributed by atoms with van der Waals surface area (Å²) >= 11 is 0. The first kappa shape index (κ1) is 21.4. The van der Waals surface area contributed by atoms with Crippen LogP contribution in [0, 0.1) is 0 Å². The van der Waals surface area contributed by atoms with Gasteiger partial charge in [0.2, 0.25) is 0 Å². The molecule has 0 bridgehead atoms. The summed E-state index contributed by atoms with van der Waals surface area (Å²) in [6, 6.07) is 12.7. The molecule has 0 heterocycles. The lowest BCUT2D eigenvalue weighted by atomic mass is 9.92. The van der Waals surface area contributed by atoms with Crippen molar-refractivity contribution >= 4 is 11.6 Å². The molecule has 1 saturated carbocycles. The number of carbonyl (C=O) groups is 1. The number of nitrogens with zero attached hydrogens (tertiary/aromatic N) is 1. The van der Waals surface area contributed by atoms with Gasteiger partial charge in [0.25, 0.3) is 5.91 Å². The summed E-state index contributed by atoms with van der Waals surface area (Å²) < 4.78 is 39.5. The lowest BCUT2D eigenvalue weighted by Crippen LogP contribution is -2.48. The molecule has 0 radical (unpaired) electrons. The second-order valence-electron chi connectivity index (χ2n) is 8.46. The molecule has 0 spiro atoms. The molecule has 3 rings (SSSR count). The Morgan fingerprint density at radius 2 is 1.69 bits per heavy atom. The number of hydrogen-bond donors (Lipinski definition) is 1. The standard InChI is InChI=1S/C23H27F3N2O/c1-28(2,21-9-4-3-5-10-21)16-17-11-13-20(14-12-17)27-22(29)18-7-6-8-19(15-18)23(24,25)26/h6-8,11-15,21H,3-5,9-10,16H2,1-2H3/p+1. The zero-order chi connectivity index (χ0) is 21.1. The Hall–Kier alpha value is -2.34. The first-order chi connectivity index (χ1) is 13.6. The van der Waals surface area contributed by atoms with E-state index < -0.39 is 17.6 Å². The fraction of sp³-hybridized carbons (Fsp3) is 0.435. The summed E-state index contributed by atoms with van der Waals surface area (Å²) in [5.41, 5.74) is 0.902. The van der Waals surface area contributed by atoms with Crippen LogP contribution in [0.5, 0.6) is 0 Å². The summed E-state index contributed by atoms with van der Waals surface area (Å²) in [6.45, 7) is 0.909. The van der Waals surface area contributed by atoms with Crippen LogP contribution in [0.25, 0.3) is 0 Å². The molecule has 0 aromatic heterocycles. The monoisotopic (exact) mass is 405 g/mol. The number of amides is 1. The van der Waals surface area contributed by atoms with E-state index in [0.29, 0.717) is 11.7 Å². The third-order valence-electron chi connectivity index (χ3n) is 5.82. The van der Waals surface area contributed by atoms with Gasteiger partial charge in [0.15, 0.2) is 0 Å². The van der Waals surface area contributed by atoms with E-state index in [1.54, 1.807) is 0 Å². The zero-order valence-electron chi connectivity index (χ0n) is 16.9. The topological polar surface area (TPSA) is 29.1 Å². The average Bonchev–Trinajstić information content (AvgIpc) is 2.69. The molecule has 3 nitrogen and oxygen atoms in total. The fourth-order valence-electron chi connectivity index (χ4n) is 4.11. The van der Waals surface area contributed by atoms with E-state index in [-0.39, 0.29) is 5.56 Å². The number of hydrogen-bond acceptors (Lipinski definition) is 1. The van der Waals surface area contributed by atoms with Crippen LogP contribution in [0.1, 0.15) is 53.6 Å².